The van der Waals surface area contributed by atoms with Gasteiger partial charge in [-0.2, -0.15) is 8.78 Å². The Balaban J connectivity index is 1.63. The Morgan fingerprint density at radius 1 is 0.857 bits per heavy atom. The minimum atomic E-state index is -0.957. The summed E-state index contributed by atoms with van der Waals surface area (Å²) in [6.45, 7) is 0. The van der Waals surface area contributed by atoms with Crippen molar-refractivity contribution < 1.29 is 23.4 Å². The van der Waals surface area contributed by atoms with Crippen molar-refractivity contribution in [2.24, 2.45) is 0 Å². The predicted molar refractivity (Wildman–Crippen MR) is 95.9 cm³/mol. The molecule has 0 spiro atoms. The summed E-state index contributed by atoms with van der Waals surface area (Å²) in [5.74, 6) is -1.91. The number of rotatable bonds is 6. The zero-order valence-electron chi connectivity index (χ0n) is 14.4. The third kappa shape index (κ3) is 4.49. The zero-order chi connectivity index (χ0) is 20.3. The van der Waals surface area contributed by atoms with Gasteiger partial charge in [0.15, 0.2) is 0 Å². The van der Waals surface area contributed by atoms with E-state index in [0.717, 1.165) is 30.7 Å². The molecule has 1 fully saturated rings. The molecule has 9 nitrogen and oxygen atoms in total. The van der Waals surface area contributed by atoms with Gasteiger partial charge in [-0.3, -0.25) is 20.2 Å². The quantitative estimate of drug-likeness (QED) is 0.558. The summed E-state index contributed by atoms with van der Waals surface area (Å²) in [5, 5.41) is 27.2. The Morgan fingerprint density at radius 3 is 1.64 bits per heavy atom. The maximum atomic E-state index is 13.7. The van der Waals surface area contributed by atoms with E-state index in [1.165, 1.54) is 12.1 Å². The summed E-state index contributed by atoms with van der Waals surface area (Å²) in [4.78, 5) is 19.7. The first kappa shape index (κ1) is 19.4. The summed E-state index contributed by atoms with van der Waals surface area (Å²) in [5.41, 5.74) is -0.574. The molecule has 2 atom stereocenters. The van der Waals surface area contributed by atoms with Crippen LogP contribution in [0.25, 0.3) is 0 Å². The van der Waals surface area contributed by atoms with Gasteiger partial charge in [-0.15, -0.1) is 0 Å². The van der Waals surface area contributed by atoms with Crippen LogP contribution in [0.3, 0.4) is 0 Å². The first-order valence-electron chi connectivity index (χ1n) is 8.40. The molecule has 0 unspecified atom stereocenters. The van der Waals surface area contributed by atoms with Crippen LogP contribution < -0.4 is 10.6 Å². The van der Waals surface area contributed by atoms with E-state index in [2.05, 4.69) is 10.6 Å². The van der Waals surface area contributed by atoms with Gasteiger partial charge >= 0.3 is 11.4 Å². The van der Waals surface area contributed by atoms with Crippen molar-refractivity contribution in [2.75, 3.05) is 10.6 Å². The van der Waals surface area contributed by atoms with E-state index in [0.29, 0.717) is 24.2 Å². The Labute approximate surface area is 157 Å². The molecule has 1 aliphatic rings. The van der Waals surface area contributed by atoms with Crippen molar-refractivity contribution in [3.05, 3.63) is 68.3 Å². The maximum absolute atomic E-state index is 13.7. The molecule has 1 heterocycles. The molecule has 3 rings (SSSR count). The summed E-state index contributed by atoms with van der Waals surface area (Å²) in [6.07, 6.45) is 1.00. The number of ether oxygens (including phenoxy) is 1. The highest BCUT2D eigenvalue weighted by molar-refractivity contribution is 5.51. The predicted octanol–water partition coefficient (Wildman–Crippen LogP) is 4.16. The number of benzene rings is 2. The van der Waals surface area contributed by atoms with Gasteiger partial charge in [-0.05, 0) is 31.4 Å². The van der Waals surface area contributed by atoms with Crippen molar-refractivity contribution in [1.29, 1.82) is 0 Å². The van der Waals surface area contributed by atoms with Crippen molar-refractivity contribution in [2.45, 2.75) is 31.7 Å². The molecule has 1 saturated heterocycles. The van der Waals surface area contributed by atoms with Gasteiger partial charge in [0.1, 0.15) is 12.5 Å². The Hall–Kier alpha value is -3.34. The second-order valence-electron chi connectivity index (χ2n) is 6.18. The smallest absolute Gasteiger partial charge is 0.304 e. The number of nitrogens with zero attached hydrogens (tertiary/aromatic N) is 2. The van der Waals surface area contributed by atoms with E-state index in [1.807, 2.05) is 0 Å². The van der Waals surface area contributed by atoms with Crippen LogP contribution in [-0.4, -0.2) is 22.3 Å². The van der Waals surface area contributed by atoms with Crippen LogP contribution in [0.2, 0.25) is 0 Å². The fourth-order valence-corrected chi connectivity index (χ4v) is 2.90. The second kappa shape index (κ2) is 8.13. The van der Waals surface area contributed by atoms with Crippen molar-refractivity contribution in [1.82, 2.24) is 0 Å². The lowest BCUT2D eigenvalue weighted by Crippen LogP contribution is -2.37. The van der Waals surface area contributed by atoms with Crippen LogP contribution in [0.4, 0.5) is 31.5 Å². The topological polar surface area (TPSA) is 120 Å². The second-order valence-corrected chi connectivity index (χ2v) is 6.18. The van der Waals surface area contributed by atoms with E-state index in [9.17, 15) is 29.0 Å². The third-order valence-corrected chi connectivity index (χ3v) is 4.21. The maximum Gasteiger partial charge on any atom is 0.304 e. The van der Waals surface area contributed by atoms with Gasteiger partial charge in [-0.25, -0.2) is 0 Å². The molecule has 0 aliphatic carbocycles. The van der Waals surface area contributed by atoms with Crippen molar-refractivity contribution >= 4 is 22.7 Å². The van der Waals surface area contributed by atoms with Crippen LogP contribution in [0.5, 0.6) is 0 Å². The summed E-state index contributed by atoms with van der Waals surface area (Å²) in [7, 11) is 0. The largest absolute Gasteiger partial charge is 0.360 e. The summed E-state index contributed by atoms with van der Waals surface area (Å²) < 4.78 is 33.3. The van der Waals surface area contributed by atoms with E-state index >= 15 is 0 Å². The number of hydrogen-bond acceptors (Lipinski definition) is 7. The minimum absolute atomic E-state index is 0.329. The fourth-order valence-electron chi connectivity index (χ4n) is 2.90. The number of hydrogen-bond donors (Lipinski definition) is 2. The van der Waals surface area contributed by atoms with Crippen molar-refractivity contribution in [3.8, 4) is 0 Å². The molecule has 2 N–H and O–H groups in total. The molecule has 0 radical (unpaired) electrons. The molecule has 1 aliphatic heterocycles. The monoisotopic (exact) mass is 394 g/mol. The average molecular weight is 394 g/mol. The van der Waals surface area contributed by atoms with Gasteiger partial charge in [0.2, 0.25) is 11.6 Å². The first-order valence-corrected chi connectivity index (χ1v) is 8.40. The standard InChI is InChI=1S/C17H16F2N4O5/c18-12-8-10(4-6-14(12)22(24)25)20-16-2-1-3-17(28-16)21-11-5-7-15(23(26)27)13(19)9-11/h4-9,16-17,20-21H,1-3H2/t16-,17+. The van der Waals surface area contributed by atoms with Gasteiger partial charge in [0, 0.05) is 35.6 Å². The number of nitro benzene ring substituents is 2. The minimum Gasteiger partial charge on any atom is -0.360 e. The molecular formula is C17H16F2N4O5. The number of halogens is 2. The fraction of sp³-hybridized carbons (Fsp3) is 0.294. The lowest BCUT2D eigenvalue weighted by atomic mass is 10.1. The summed E-state index contributed by atoms with van der Waals surface area (Å²) in [6, 6.07) is 6.93. The molecule has 11 heteroatoms. The molecule has 2 aromatic carbocycles. The Kier molecular flexibility index (Phi) is 5.64. The lowest BCUT2D eigenvalue weighted by molar-refractivity contribution is -0.387. The first-order chi connectivity index (χ1) is 13.3. The molecule has 148 valence electrons. The van der Waals surface area contributed by atoms with E-state index < -0.39 is 45.3 Å². The number of nitrogens with one attached hydrogen (secondary N) is 2. The molecular weight excluding hydrogens is 378 g/mol. The molecule has 0 amide bonds. The third-order valence-electron chi connectivity index (χ3n) is 4.21. The van der Waals surface area contributed by atoms with Crippen LogP contribution in [0.1, 0.15) is 19.3 Å². The normalized spacial score (nSPS) is 19.1. The van der Waals surface area contributed by atoms with Gasteiger partial charge in [0.05, 0.1) is 9.85 Å². The van der Waals surface area contributed by atoms with E-state index in [1.54, 1.807) is 0 Å². The molecule has 0 aromatic heterocycles. The lowest BCUT2D eigenvalue weighted by Gasteiger charge is -2.32. The summed E-state index contributed by atoms with van der Waals surface area (Å²) >= 11 is 0. The van der Waals surface area contributed by atoms with Gasteiger partial charge < -0.3 is 15.4 Å². The number of anilines is 2. The zero-order valence-corrected chi connectivity index (χ0v) is 14.4. The van der Waals surface area contributed by atoms with Crippen LogP contribution in [0.15, 0.2) is 36.4 Å². The highest BCUT2D eigenvalue weighted by Gasteiger charge is 2.24. The Morgan fingerprint density at radius 2 is 1.29 bits per heavy atom. The molecule has 0 saturated carbocycles. The van der Waals surface area contributed by atoms with Crippen LogP contribution in [-0.2, 0) is 4.74 Å². The van der Waals surface area contributed by atoms with Crippen molar-refractivity contribution in [3.63, 3.8) is 0 Å². The molecule has 2 aromatic rings. The SMILES string of the molecule is O=[N+]([O-])c1ccc(N[C@H]2CCC[C@@H](Nc3ccc([N+](=O)[O-])c(F)c3)O2)cc1F. The average Bonchev–Trinajstić information content (AvgIpc) is 2.61. The van der Waals surface area contributed by atoms with E-state index in [4.69, 9.17) is 4.74 Å². The van der Waals surface area contributed by atoms with Gasteiger partial charge in [-0.1, -0.05) is 0 Å². The van der Waals surface area contributed by atoms with E-state index in [-0.39, 0.29) is 0 Å². The number of nitro groups is 2. The Bertz CT molecular complexity index is 840. The molecule has 28 heavy (non-hydrogen) atoms. The highest BCUT2D eigenvalue weighted by Crippen LogP contribution is 2.27. The van der Waals surface area contributed by atoms with Gasteiger partial charge in [0.25, 0.3) is 0 Å². The van der Waals surface area contributed by atoms with Crippen LogP contribution in [0, 0.1) is 31.9 Å². The molecule has 0 bridgehead atoms. The van der Waals surface area contributed by atoms with Crippen LogP contribution >= 0.6 is 0 Å². The highest BCUT2D eigenvalue weighted by atomic mass is 19.1.